The van der Waals surface area contributed by atoms with Crippen LogP contribution in [-0.4, -0.2) is 24.0 Å². The molecule has 0 aliphatic rings. The van der Waals surface area contributed by atoms with Gasteiger partial charge in [-0.2, -0.15) is 0 Å². The van der Waals surface area contributed by atoms with Crippen LogP contribution in [0.3, 0.4) is 0 Å². The molecule has 0 bridgehead atoms. The molecule has 0 rings (SSSR count). The van der Waals surface area contributed by atoms with Crippen molar-refractivity contribution >= 4 is 0 Å². The van der Waals surface area contributed by atoms with Crippen LogP contribution in [-0.2, 0) is 0 Å². The van der Waals surface area contributed by atoms with Crippen molar-refractivity contribution in [3.8, 4) is 0 Å². The third-order valence-corrected chi connectivity index (χ3v) is 5.06. The first-order valence-corrected chi connectivity index (χ1v) is 8.74. The quantitative estimate of drug-likeness (QED) is 0.511. The molecule has 20 heavy (non-hydrogen) atoms. The van der Waals surface area contributed by atoms with Crippen LogP contribution in [0.25, 0.3) is 0 Å². The second kappa shape index (κ2) is 9.82. The Kier molecular flexibility index (Phi) is 10.9. The first-order chi connectivity index (χ1) is 9.03. The number of rotatable bonds is 8. The molecular weight excluding hydrogens is 242 g/mol. The van der Waals surface area contributed by atoms with Crippen molar-refractivity contribution in [2.45, 2.75) is 94.0 Å². The van der Waals surface area contributed by atoms with Gasteiger partial charge in [-0.15, -0.1) is 0 Å². The van der Waals surface area contributed by atoms with Gasteiger partial charge >= 0.3 is 0 Å². The van der Waals surface area contributed by atoms with E-state index in [4.69, 9.17) is 0 Å². The lowest BCUT2D eigenvalue weighted by Gasteiger charge is -2.38. The van der Waals surface area contributed by atoms with Crippen molar-refractivity contribution in [1.82, 2.24) is 4.90 Å². The summed E-state index contributed by atoms with van der Waals surface area (Å²) in [6, 6.07) is 0. The maximum absolute atomic E-state index is 2.52. The van der Waals surface area contributed by atoms with Crippen molar-refractivity contribution in [2.24, 2.45) is 17.3 Å². The van der Waals surface area contributed by atoms with Crippen LogP contribution in [0.15, 0.2) is 0 Å². The molecule has 0 aromatic carbocycles. The third kappa shape index (κ3) is 8.29. The Morgan fingerprint density at radius 3 is 1.75 bits per heavy atom. The standard InChI is InChI=1S/C17H37N.C2H6/c1-10-17(7,8)18(9)12-11-15(4)16(5,6)13-14(2)3;1-2/h14-15H,10-13H2,1-9H3;1-2H3. The molecule has 0 fully saturated rings. The molecule has 0 saturated carbocycles. The van der Waals surface area contributed by atoms with Gasteiger partial charge in [0.2, 0.25) is 0 Å². The summed E-state index contributed by atoms with van der Waals surface area (Å²) in [5.41, 5.74) is 0.799. The molecule has 0 spiro atoms. The Labute approximate surface area is 130 Å². The molecule has 0 aromatic rings. The van der Waals surface area contributed by atoms with Gasteiger partial charge in [-0.05, 0) is 64.0 Å². The molecule has 1 nitrogen and oxygen atoms in total. The van der Waals surface area contributed by atoms with Gasteiger partial charge in [-0.1, -0.05) is 55.4 Å². The minimum Gasteiger partial charge on any atom is -0.301 e. The van der Waals surface area contributed by atoms with E-state index in [1.807, 2.05) is 13.8 Å². The molecule has 1 atom stereocenters. The van der Waals surface area contributed by atoms with Gasteiger partial charge in [0.1, 0.15) is 0 Å². The van der Waals surface area contributed by atoms with Crippen LogP contribution in [0.5, 0.6) is 0 Å². The number of hydrogen-bond acceptors (Lipinski definition) is 1. The van der Waals surface area contributed by atoms with Crippen LogP contribution >= 0.6 is 0 Å². The first kappa shape index (κ1) is 22.2. The highest BCUT2D eigenvalue weighted by Gasteiger charge is 2.28. The Morgan fingerprint density at radius 1 is 0.950 bits per heavy atom. The third-order valence-electron chi connectivity index (χ3n) is 5.06. The van der Waals surface area contributed by atoms with Gasteiger partial charge in [0, 0.05) is 5.54 Å². The van der Waals surface area contributed by atoms with Crippen LogP contribution in [0.1, 0.15) is 88.5 Å². The number of hydrogen-bond donors (Lipinski definition) is 0. The summed E-state index contributed by atoms with van der Waals surface area (Å²) in [5, 5.41) is 0. The molecule has 1 unspecified atom stereocenters. The molecule has 124 valence electrons. The molecule has 0 radical (unpaired) electrons. The normalized spacial score (nSPS) is 14.2. The summed E-state index contributed by atoms with van der Waals surface area (Å²) in [6.45, 7) is 24.1. The van der Waals surface area contributed by atoms with Crippen molar-refractivity contribution in [2.75, 3.05) is 13.6 Å². The summed E-state index contributed by atoms with van der Waals surface area (Å²) >= 11 is 0. The second-order valence-electron chi connectivity index (χ2n) is 7.86. The van der Waals surface area contributed by atoms with Crippen LogP contribution in [0.4, 0.5) is 0 Å². The van der Waals surface area contributed by atoms with Crippen molar-refractivity contribution < 1.29 is 0 Å². The summed E-state index contributed by atoms with van der Waals surface area (Å²) in [6.07, 6.45) is 3.85. The summed E-state index contributed by atoms with van der Waals surface area (Å²) in [5.74, 6) is 1.59. The van der Waals surface area contributed by atoms with E-state index in [0.29, 0.717) is 11.0 Å². The fraction of sp³-hybridized carbons (Fsp3) is 1.00. The van der Waals surface area contributed by atoms with E-state index in [1.54, 1.807) is 0 Å². The highest BCUT2D eigenvalue weighted by atomic mass is 15.2. The average molecular weight is 286 g/mol. The van der Waals surface area contributed by atoms with Crippen LogP contribution in [0, 0.1) is 17.3 Å². The fourth-order valence-corrected chi connectivity index (χ4v) is 2.60. The Morgan fingerprint density at radius 2 is 1.40 bits per heavy atom. The van der Waals surface area contributed by atoms with E-state index in [0.717, 1.165) is 11.8 Å². The smallest absolute Gasteiger partial charge is 0.0147 e. The van der Waals surface area contributed by atoms with Gasteiger partial charge in [0.25, 0.3) is 0 Å². The average Bonchev–Trinajstić information content (AvgIpc) is 2.36. The molecule has 0 amide bonds. The predicted octanol–water partition coefficient (Wildman–Crippen LogP) is 6.23. The maximum Gasteiger partial charge on any atom is 0.0147 e. The molecular formula is C19H43N. The van der Waals surface area contributed by atoms with Crippen molar-refractivity contribution in [3.63, 3.8) is 0 Å². The Hall–Kier alpha value is -0.0400. The van der Waals surface area contributed by atoms with Gasteiger partial charge in [-0.25, -0.2) is 0 Å². The zero-order valence-electron chi connectivity index (χ0n) is 16.4. The van der Waals surface area contributed by atoms with Crippen LogP contribution < -0.4 is 0 Å². The lowest BCUT2D eigenvalue weighted by Crippen LogP contribution is -2.42. The highest BCUT2D eigenvalue weighted by molar-refractivity contribution is 4.81. The summed E-state index contributed by atoms with van der Waals surface area (Å²) in [7, 11) is 2.27. The molecule has 0 aromatic heterocycles. The van der Waals surface area contributed by atoms with E-state index >= 15 is 0 Å². The Balaban J connectivity index is 0. The zero-order chi connectivity index (χ0) is 16.6. The molecule has 0 N–H and O–H groups in total. The Bertz CT molecular complexity index is 228. The van der Waals surface area contributed by atoms with Gasteiger partial charge in [-0.3, -0.25) is 0 Å². The van der Waals surface area contributed by atoms with E-state index in [9.17, 15) is 0 Å². The second-order valence-corrected chi connectivity index (χ2v) is 7.86. The molecule has 0 heterocycles. The fourth-order valence-electron chi connectivity index (χ4n) is 2.60. The lowest BCUT2D eigenvalue weighted by molar-refractivity contribution is 0.112. The van der Waals surface area contributed by atoms with Gasteiger partial charge in [0.05, 0.1) is 0 Å². The lowest BCUT2D eigenvalue weighted by atomic mass is 9.73. The van der Waals surface area contributed by atoms with E-state index in [1.165, 1.54) is 25.8 Å². The van der Waals surface area contributed by atoms with Crippen LogP contribution in [0.2, 0.25) is 0 Å². The molecule has 0 aliphatic carbocycles. The maximum atomic E-state index is 2.52. The van der Waals surface area contributed by atoms with Crippen molar-refractivity contribution in [1.29, 1.82) is 0 Å². The highest BCUT2D eigenvalue weighted by Crippen LogP contribution is 2.36. The monoisotopic (exact) mass is 285 g/mol. The molecule has 0 aliphatic heterocycles. The minimum absolute atomic E-state index is 0.335. The topological polar surface area (TPSA) is 3.24 Å². The molecule has 1 heteroatoms. The number of nitrogens with zero attached hydrogens (tertiary/aromatic N) is 1. The summed E-state index contributed by atoms with van der Waals surface area (Å²) < 4.78 is 0. The first-order valence-electron chi connectivity index (χ1n) is 8.74. The van der Waals surface area contributed by atoms with Crippen molar-refractivity contribution in [3.05, 3.63) is 0 Å². The van der Waals surface area contributed by atoms with E-state index in [-0.39, 0.29) is 0 Å². The molecule has 0 saturated heterocycles. The van der Waals surface area contributed by atoms with E-state index < -0.39 is 0 Å². The van der Waals surface area contributed by atoms with E-state index in [2.05, 4.69) is 67.3 Å². The zero-order valence-corrected chi connectivity index (χ0v) is 16.4. The summed E-state index contributed by atoms with van der Waals surface area (Å²) in [4.78, 5) is 2.52. The predicted molar refractivity (Wildman–Crippen MR) is 95.4 cm³/mol. The largest absolute Gasteiger partial charge is 0.301 e. The van der Waals surface area contributed by atoms with Gasteiger partial charge in [0.15, 0.2) is 0 Å². The minimum atomic E-state index is 0.335. The van der Waals surface area contributed by atoms with Gasteiger partial charge < -0.3 is 4.90 Å². The SMILES string of the molecule is CC.CCC(C)(C)N(C)CCC(C)C(C)(C)CC(C)C.